The first kappa shape index (κ1) is 24.3. The molecule has 7 nitrogen and oxygen atoms in total. The topological polar surface area (TPSA) is 87.7 Å². The van der Waals surface area contributed by atoms with E-state index in [0.29, 0.717) is 33.4 Å². The number of imide groups is 1. The SMILES string of the molecule is CC(C)Oc1ccccc1NC(=O)c1ccc(NC2=C(Cl)C(=O)N(c3cccc(Cl)c3)C2=O)cc1. The van der Waals surface area contributed by atoms with Gasteiger partial charge in [0.25, 0.3) is 17.7 Å². The second-order valence-corrected chi connectivity index (χ2v) is 8.75. The van der Waals surface area contributed by atoms with Gasteiger partial charge in [0.15, 0.2) is 0 Å². The van der Waals surface area contributed by atoms with E-state index in [2.05, 4.69) is 10.6 Å². The highest BCUT2D eigenvalue weighted by molar-refractivity contribution is 6.53. The molecule has 1 aliphatic heterocycles. The summed E-state index contributed by atoms with van der Waals surface area (Å²) < 4.78 is 5.74. The third-order valence-electron chi connectivity index (χ3n) is 5.01. The number of ether oxygens (including phenoxy) is 1. The first-order chi connectivity index (χ1) is 16.7. The normalized spacial score (nSPS) is 13.5. The Balaban J connectivity index is 1.47. The van der Waals surface area contributed by atoms with Crippen molar-refractivity contribution >= 4 is 58.0 Å². The minimum atomic E-state index is -0.653. The summed E-state index contributed by atoms with van der Waals surface area (Å²) in [5, 5.41) is 5.87. The largest absolute Gasteiger partial charge is 0.489 e. The summed E-state index contributed by atoms with van der Waals surface area (Å²) in [5.41, 5.74) is 1.68. The van der Waals surface area contributed by atoms with Gasteiger partial charge < -0.3 is 15.4 Å². The molecule has 0 bridgehead atoms. The van der Waals surface area contributed by atoms with E-state index in [9.17, 15) is 14.4 Å². The van der Waals surface area contributed by atoms with Crippen molar-refractivity contribution in [1.82, 2.24) is 0 Å². The molecule has 3 aromatic rings. The molecule has 35 heavy (non-hydrogen) atoms. The molecule has 0 aromatic heterocycles. The third kappa shape index (κ3) is 5.31. The molecule has 178 valence electrons. The van der Waals surface area contributed by atoms with Crippen LogP contribution in [-0.4, -0.2) is 23.8 Å². The van der Waals surface area contributed by atoms with Crippen molar-refractivity contribution < 1.29 is 19.1 Å². The second-order valence-electron chi connectivity index (χ2n) is 7.93. The minimum absolute atomic E-state index is 0.0421. The molecule has 0 saturated heterocycles. The summed E-state index contributed by atoms with van der Waals surface area (Å²) in [6.07, 6.45) is -0.0421. The number of hydrogen-bond donors (Lipinski definition) is 2. The van der Waals surface area contributed by atoms with Gasteiger partial charge in [-0.25, -0.2) is 4.90 Å². The highest BCUT2D eigenvalue weighted by Crippen LogP contribution is 2.31. The van der Waals surface area contributed by atoms with Gasteiger partial charge in [0.05, 0.1) is 17.5 Å². The lowest BCUT2D eigenvalue weighted by Crippen LogP contribution is -2.32. The lowest BCUT2D eigenvalue weighted by Gasteiger charge is -2.15. The van der Waals surface area contributed by atoms with E-state index < -0.39 is 11.8 Å². The van der Waals surface area contributed by atoms with Crippen LogP contribution in [0.1, 0.15) is 24.2 Å². The number of para-hydroxylation sites is 2. The molecule has 0 aliphatic carbocycles. The lowest BCUT2D eigenvalue weighted by molar-refractivity contribution is -0.120. The van der Waals surface area contributed by atoms with Crippen LogP contribution in [0.15, 0.2) is 83.5 Å². The number of carbonyl (C=O) groups excluding carboxylic acids is 3. The Morgan fingerprint density at radius 2 is 1.63 bits per heavy atom. The third-order valence-corrected chi connectivity index (χ3v) is 5.59. The van der Waals surface area contributed by atoms with E-state index in [1.54, 1.807) is 60.7 Å². The summed E-state index contributed by atoms with van der Waals surface area (Å²) in [4.78, 5) is 39.2. The van der Waals surface area contributed by atoms with Crippen molar-refractivity contribution in [2.24, 2.45) is 0 Å². The molecule has 0 radical (unpaired) electrons. The summed E-state index contributed by atoms with van der Waals surface area (Å²) in [6.45, 7) is 3.81. The summed E-state index contributed by atoms with van der Waals surface area (Å²) in [7, 11) is 0. The lowest BCUT2D eigenvalue weighted by atomic mass is 10.1. The Morgan fingerprint density at radius 3 is 2.31 bits per heavy atom. The fourth-order valence-corrected chi connectivity index (χ4v) is 3.83. The minimum Gasteiger partial charge on any atom is -0.489 e. The maximum Gasteiger partial charge on any atom is 0.283 e. The molecule has 0 saturated carbocycles. The number of carbonyl (C=O) groups is 3. The van der Waals surface area contributed by atoms with Crippen molar-refractivity contribution in [3.8, 4) is 5.75 Å². The van der Waals surface area contributed by atoms with E-state index in [4.69, 9.17) is 27.9 Å². The number of nitrogens with zero attached hydrogens (tertiary/aromatic N) is 1. The van der Waals surface area contributed by atoms with E-state index in [1.165, 1.54) is 6.07 Å². The monoisotopic (exact) mass is 509 g/mol. The van der Waals surface area contributed by atoms with Crippen LogP contribution in [0, 0.1) is 0 Å². The Bertz CT molecular complexity index is 1340. The predicted octanol–water partition coefficient (Wildman–Crippen LogP) is 5.82. The van der Waals surface area contributed by atoms with Crippen LogP contribution in [0.5, 0.6) is 5.75 Å². The summed E-state index contributed by atoms with van der Waals surface area (Å²) in [5.74, 6) is -1.01. The van der Waals surface area contributed by atoms with Gasteiger partial charge in [0.2, 0.25) is 0 Å². The van der Waals surface area contributed by atoms with Crippen LogP contribution in [0.25, 0.3) is 0 Å². The molecular weight excluding hydrogens is 489 g/mol. The molecule has 0 unspecified atom stereocenters. The van der Waals surface area contributed by atoms with Gasteiger partial charge in [-0.05, 0) is 68.4 Å². The Morgan fingerprint density at radius 1 is 0.914 bits per heavy atom. The van der Waals surface area contributed by atoms with Crippen molar-refractivity contribution in [2.45, 2.75) is 20.0 Å². The zero-order valence-electron chi connectivity index (χ0n) is 18.8. The van der Waals surface area contributed by atoms with Crippen LogP contribution in [0.3, 0.4) is 0 Å². The van der Waals surface area contributed by atoms with Gasteiger partial charge in [-0.15, -0.1) is 0 Å². The van der Waals surface area contributed by atoms with Crippen LogP contribution >= 0.6 is 23.2 Å². The molecule has 9 heteroatoms. The first-order valence-corrected chi connectivity index (χ1v) is 11.5. The number of halogens is 2. The molecule has 1 heterocycles. The van der Waals surface area contributed by atoms with Crippen molar-refractivity contribution in [2.75, 3.05) is 15.5 Å². The van der Waals surface area contributed by atoms with E-state index >= 15 is 0 Å². The second kappa shape index (κ2) is 10.2. The van der Waals surface area contributed by atoms with Gasteiger partial charge in [-0.2, -0.15) is 0 Å². The summed E-state index contributed by atoms with van der Waals surface area (Å²) >= 11 is 12.2. The zero-order valence-corrected chi connectivity index (χ0v) is 20.4. The molecule has 4 rings (SSSR count). The fourth-order valence-electron chi connectivity index (χ4n) is 3.43. The fraction of sp³-hybridized carbons (Fsp3) is 0.115. The van der Waals surface area contributed by atoms with Crippen molar-refractivity contribution in [3.63, 3.8) is 0 Å². The number of hydrogen-bond acceptors (Lipinski definition) is 5. The highest BCUT2D eigenvalue weighted by atomic mass is 35.5. The number of nitrogens with one attached hydrogen (secondary N) is 2. The number of anilines is 3. The number of benzene rings is 3. The van der Waals surface area contributed by atoms with Crippen LogP contribution in [0.2, 0.25) is 5.02 Å². The summed E-state index contributed by atoms with van der Waals surface area (Å²) in [6, 6.07) is 19.9. The molecule has 0 fully saturated rings. The van der Waals surface area contributed by atoms with E-state index in [-0.39, 0.29) is 22.7 Å². The van der Waals surface area contributed by atoms with Gasteiger partial charge in [0.1, 0.15) is 16.5 Å². The average Bonchev–Trinajstić information content (AvgIpc) is 3.03. The predicted molar refractivity (Wildman–Crippen MR) is 137 cm³/mol. The Kier molecular flexibility index (Phi) is 7.10. The molecule has 2 N–H and O–H groups in total. The maximum absolute atomic E-state index is 12.9. The van der Waals surface area contributed by atoms with Gasteiger partial charge in [-0.3, -0.25) is 14.4 Å². The van der Waals surface area contributed by atoms with Gasteiger partial charge in [0, 0.05) is 16.3 Å². The molecule has 3 amide bonds. The Labute approximate surface area is 212 Å². The standard InChI is InChI=1S/C26H21Cl2N3O4/c1-15(2)35-21-9-4-3-8-20(21)30-24(32)16-10-12-18(13-11-16)29-23-22(28)25(33)31(26(23)34)19-7-5-6-17(27)14-19/h3-15,29H,1-2H3,(H,30,32). The van der Waals surface area contributed by atoms with Gasteiger partial charge in [-0.1, -0.05) is 41.4 Å². The van der Waals surface area contributed by atoms with Crippen LogP contribution in [0.4, 0.5) is 17.1 Å². The average molecular weight is 510 g/mol. The van der Waals surface area contributed by atoms with Crippen LogP contribution in [-0.2, 0) is 9.59 Å². The quantitative estimate of drug-likeness (QED) is 0.392. The van der Waals surface area contributed by atoms with E-state index in [0.717, 1.165) is 4.90 Å². The molecule has 0 spiro atoms. The number of amides is 3. The highest BCUT2D eigenvalue weighted by Gasteiger charge is 2.39. The first-order valence-electron chi connectivity index (χ1n) is 10.7. The van der Waals surface area contributed by atoms with Crippen LogP contribution < -0.4 is 20.3 Å². The van der Waals surface area contributed by atoms with Crippen molar-refractivity contribution in [3.05, 3.63) is 94.1 Å². The zero-order chi connectivity index (χ0) is 25.1. The van der Waals surface area contributed by atoms with Crippen molar-refractivity contribution in [1.29, 1.82) is 0 Å². The molecule has 3 aromatic carbocycles. The Hall–Kier alpha value is -3.81. The molecule has 1 aliphatic rings. The smallest absolute Gasteiger partial charge is 0.283 e. The molecule has 0 atom stereocenters. The van der Waals surface area contributed by atoms with Gasteiger partial charge >= 0.3 is 0 Å². The number of rotatable bonds is 7. The van der Waals surface area contributed by atoms with E-state index in [1.807, 2.05) is 19.9 Å². The molecular formula is C26H21Cl2N3O4. The maximum atomic E-state index is 12.9.